The molecule has 1 aliphatic carbocycles. The molecule has 0 saturated heterocycles. The molecule has 1 atom stereocenters. The molecule has 0 amide bonds. The molecule has 1 aliphatic rings. The fraction of sp³-hybridized carbons (Fsp3) is 0.667. The third-order valence-electron chi connectivity index (χ3n) is 2.51. The first kappa shape index (κ1) is 7.80. The number of rotatable bonds is 1. The molecule has 3 nitrogen and oxygen atoms in total. The summed E-state index contributed by atoms with van der Waals surface area (Å²) >= 11 is 0. The van der Waals surface area contributed by atoms with Crippen LogP contribution in [0.1, 0.15) is 43.6 Å². The molecular weight excluding hydrogens is 150 g/mol. The first-order valence-corrected chi connectivity index (χ1v) is 4.52. The first-order valence-electron chi connectivity index (χ1n) is 4.52. The van der Waals surface area contributed by atoms with Gasteiger partial charge >= 0.3 is 0 Å². The van der Waals surface area contributed by atoms with Crippen LogP contribution in [-0.2, 0) is 6.42 Å². The van der Waals surface area contributed by atoms with Gasteiger partial charge in [0.2, 0.25) is 0 Å². The van der Waals surface area contributed by atoms with Crippen LogP contribution >= 0.6 is 0 Å². The highest BCUT2D eigenvalue weighted by Gasteiger charge is 2.24. The molecule has 0 radical (unpaired) electrons. The van der Waals surface area contributed by atoms with Gasteiger partial charge in [-0.2, -0.15) is 5.10 Å². The first-order chi connectivity index (χ1) is 5.70. The Labute approximate surface area is 72.6 Å². The summed E-state index contributed by atoms with van der Waals surface area (Å²) in [5.41, 5.74) is 8.50. The Balaban J connectivity index is 2.43. The summed E-state index contributed by atoms with van der Waals surface area (Å²) in [5.74, 6) is 0. The van der Waals surface area contributed by atoms with E-state index in [1.807, 2.05) is 6.20 Å². The number of nitrogens with zero attached hydrogens (tertiary/aromatic N) is 2. The van der Waals surface area contributed by atoms with E-state index in [2.05, 4.69) is 23.6 Å². The highest BCUT2D eigenvalue weighted by atomic mass is 15.3. The second-order valence-corrected chi connectivity index (χ2v) is 3.73. The number of hydrogen-bond donors (Lipinski definition) is 1. The van der Waals surface area contributed by atoms with Crippen molar-refractivity contribution in [3.8, 4) is 0 Å². The Morgan fingerprint density at radius 2 is 2.42 bits per heavy atom. The summed E-state index contributed by atoms with van der Waals surface area (Å²) in [6.07, 6.45) is 4.10. The van der Waals surface area contributed by atoms with E-state index in [1.165, 1.54) is 11.3 Å². The average molecular weight is 165 g/mol. The molecular formula is C9H15N3. The fourth-order valence-electron chi connectivity index (χ4n) is 1.86. The number of nitrogens with two attached hydrogens (primary N) is 1. The topological polar surface area (TPSA) is 43.8 Å². The average Bonchev–Trinajstić information content (AvgIpc) is 2.53. The van der Waals surface area contributed by atoms with Crippen molar-refractivity contribution < 1.29 is 0 Å². The van der Waals surface area contributed by atoms with E-state index >= 15 is 0 Å². The summed E-state index contributed by atoms with van der Waals surface area (Å²) in [5, 5.41) is 4.32. The molecule has 2 N–H and O–H groups in total. The Kier molecular flexibility index (Phi) is 1.68. The predicted octanol–water partition coefficient (Wildman–Crippen LogP) is 1.41. The van der Waals surface area contributed by atoms with E-state index < -0.39 is 0 Å². The van der Waals surface area contributed by atoms with Gasteiger partial charge in [-0.05, 0) is 26.7 Å². The molecule has 0 saturated carbocycles. The molecule has 1 aromatic rings. The van der Waals surface area contributed by atoms with Crippen molar-refractivity contribution in [2.45, 2.75) is 38.8 Å². The summed E-state index contributed by atoms with van der Waals surface area (Å²) < 4.78 is 2.09. The SMILES string of the molecule is CC(C)n1ncc2c1CC[C@@H]2N. The van der Waals surface area contributed by atoms with Crippen molar-refractivity contribution in [1.29, 1.82) is 0 Å². The van der Waals surface area contributed by atoms with Crippen LogP contribution in [0.3, 0.4) is 0 Å². The molecule has 1 heterocycles. The van der Waals surface area contributed by atoms with Crippen molar-refractivity contribution in [2.75, 3.05) is 0 Å². The molecule has 1 aromatic heterocycles. The van der Waals surface area contributed by atoms with Crippen LogP contribution in [0, 0.1) is 0 Å². The second-order valence-electron chi connectivity index (χ2n) is 3.73. The van der Waals surface area contributed by atoms with Crippen LogP contribution in [0.4, 0.5) is 0 Å². The lowest BCUT2D eigenvalue weighted by Gasteiger charge is -2.08. The lowest BCUT2D eigenvalue weighted by atomic mass is 10.2. The predicted molar refractivity (Wildman–Crippen MR) is 47.9 cm³/mol. The van der Waals surface area contributed by atoms with Crippen LogP contribution in [0.25, 0.3) is 0 Å². The minimum Gasteiger partial charge on any atom is -0.324 e. The molecule has 0 fully saturated rings. The van der Waals surface area contributed by atoms with Gasteiger partial charge in [-0.15, -0.1) is 0 Å². The van der Waals surface area contributed by atoms with Gasteiger partial charge in [0.1, 0.15) is 0 Å². The molecule has 0 unspecified atom stereocenters. The molecule has 0 aromatic carbocycles. The zero-order valence-corrected chi connectivity index (χ0v) is 7.62. The Morgan fingerprint density at radius 3 is 3.08 bits per heavy atom. The van der Waals surface area contributed by atoms with Gasteiger partial charge in [0.05, 0.1) is 6.20 Å². The quantitative estimate of drug-likeness (QED) is 0.683. The number of fused-ring (bicyclic) bond motifs is 1. The maximum absolute atomic E-state index is 5.91. The molecule has 12 heavy (non-hydrogen) atoms. The van der Waals surface area contributed by atoms with E-state index in [0.717, 1.165) is 12.8 Å². The van der Waals surface area contributed by atoms with E-state index in [-0.39, 0.29) is 6.04 Å². The van der Waals surface area contributed by atoms with Crippen LogP contribution in [-0.4, -0.2) is 9.78 Å². The standard InChI is InChI=1S/C9H15N3/c1-6(2)12-9-4-3-8(10)7(9)5-11-12/h5-6,8H,3-4,10H2,1-2H3/t8-/m0/s1. The lowest BCUT2D eigenvalue weighted by molar-refractivity contribution is 0.509. The molecule has 2 rings (SSSR count). The zero-order valence-electron chi connectivity index (χ0n) is 7.62. The molecule has 66 valence electrons. The second kappa shape index (κ2) is 2.59. The Morgan fingerprint density at radius 1 is 1.67 bits per heavy atom. The highest BCUT2D eigenvalue weighted by Crippen LogP contribution is 2.30. The minimum atomic E-state index is 0.229. The Hall–Kier alpha value is -0.830. The summed E-state index contributed by atoms with van der Waals surface area (Å²) in [6.45, 7) is 4.30. The van der Waals surface area contributed by atoms with Crippen molar-refractivity contribution in [1.82, 2.24) is 9.78 Å². The van der Waals surface area contributed by atoms with E-state index in [9.17, 15) is 0 Å². The van der Waals surface area contributed by atoms with E-state index in [0.29, 0.717) is 6.04 Å². The van der Waals surface area contributed by atoms with Crippen LogP contribution in [0.15, 0.2) is 6.20 Å². The molecule has 0 spiro atoms. The van der Waals surface area contributed by atoms with Crippen molar-refractivity contribution in [3.05, 3.63) is 17.5 Å². The fourth-order valence-corrected chi connectivity index (χ4v) is 1.86. The van der Waals surface area contributed by atoms with Gasteiger partial charge in [0.15, 0.2) is 0 Å². The lowest BCUT2D eigenvalue weighted by Crippen LogP contribution is -2.06. The minimum absolute atomic E-state index is 0.229. The van der Waals surface area contributed by atoms with Crippen molar-refractivity contribution >= 4 is 0 Å². The van der Waals surface area contributed by atoms with Gasteiger partial charge in [-0.25, -0.2) is 0 Å². The van der Waals surface area contributed by atoms with Crippen LogP contribution in [0.2, 0.25) is 0 Å². The van der Waals surface area contributed by atoms with Gasteiger partial charge in [-0.3, -0.25) is 4.68 Å². The van der Waals surface area contributed by atoms with Gasteiger partial charge in [0.25, 0.3) is 0 Å². The third kappa shape index (κ3) is 0.966. The van der Waals surface area contributed by atoms with Gasteiger partial charge < -0.3 is 5.73 Å². The maximum atomic E-state index is 5.91. The van der Waals surface area contributed by atoms with Crippen molar-refractivity contribution in [2.24, 2.45) is 5.73 Å². The molecule has 3 heteroatoms. The molecule has 0 bridgehead atoms. The zero-order chi connectivity index (χ0) is 8.72. The normalized spacial score (nSPS) is 21.8. The number of aromatic nitrogens is 2. The Bertz CT molecular complexity index is 288. The smallest absolute Gasteiger partial charge is 0.0540 e. The van der Waals surface area contributed by atoms with Gasteiger partial charge in [0, 0.05) is 23.3 Å². The van der Waals surface area contributed by atoms with Crippen molar-refractivity contribution in [3.63, 3.8) is 0 Å². The molecule has 0 aliphatic heterocycles. The monoisotopic (exact) mass is 165 g/mol. The van der Waals surface area contributed by atoms with Crippen LogP contribution in [0.5, 0.6) is 0 Å². The number of hydrogen-bond acceptors (Lipinski definition) is 2. The van der Waals surface area contributed by atoms with Gasteiger partial charge in [-0.1, -0.05) is 0 Å². The van der Waals surface area contributed by atoms with E-state index in [1.54, 1.807) is 0 Å². The third-order valence-corrected chi connectivity index (χ3v) is 2.51. The highest BCUT2D eigenvalue weighted by molar-refractivity contribution is 5.27. The maximum Gasteiger partial charge on any atom is 0.0540 e. The van der Waals surface area contributed by atoms with E-state index in [4.69, 9.17) is 5.73 Å². The van der Waals surface area contributed by atoms with Crippen LogP contribution < -0.4 is 5.73 Å². The summed E-state index contributed by atoms with van der Waals surface area (Å²) in [6, 6.07) is 0.687. The summed E-state index contributed by atoms with van der Waals surface area (Å²) in [4.78, 5) is 0. The largest absolute Gasteiger partial charge is 0.324 e. The summed E-state index contributed by atoms with van der Waals surface area (Å²) in [7, 11) is 0.